The van der Waals surface area contributed by atoms with Crippen molar-refractivity contribution in [1.29, 1.82) is 0 Å². The molecule has 1 aromatic carbocycles. The minimum atomic E-state index is 0.548. The molecule has 14 heavy (non-hydrogen) atoms. The molecule has 1 N–H and O–H groups in total. The summed E-state index contributed by atoms with van der Waals surface area (Å²) in [6.45, 7) is 1.89. The maximum atomic E-state index is 10.7. The minimum absolute atomic E-state index is 0.548. The zero-order valence-corrected chi connectivity index (χ0v) is 8.00. The third-order valence-electron chi connectivity index (χ3n) is 2.20. The summed E-state index contributed by atoms with van der Waals surface area (Å²) in [6.07, 6.45) is 0. The van der Waals surface area contributed by atoms with E-state index in [9.17, 15) is 4.79 Å². The van der Waals surface area contributed by atoms with Crippen LogP contribution in [0.4, 0.5) is 5.69 Å². The van der Waals surface area contributed by atoms with Crippen molar-refractivity contribution in [2.45, 2.75) is 6.92 Å². The van der Waals surface area contributed by atoms with Crippen molar-refractivity contribution in [3.8, 4) is 0 Å². The standard InChI is InChI=1S/C10H10N2O2/c1-7-10-8(6-13)4-3-5-9(10)12(11-7)14-2/h3-5,11H,1-2H3. The van der Waals surface area contributed by atoms with Gasteiger partial charge in [0.25, 0.3) is 0 Å². The van der Waals surface area contributed by atoms with Crippen molar-refractivity contribution in [1.82, 2.24) is 5.43 Å². The summed E-state index contributed by atoms with van der Waals surface area (Å²) < 4.78 is 0. The number of nitrogens with one attached hydrogen (secondary N) is 1. The lowest BCUT2D eigenvalue weighted by Crippen LogP contribution is -2.31. The third-order valence-corrected chi connectivity index (χ3v) is 2.20. The Morgan fingerprint density at radius 1 is 1.50 bits per heavy atom. The van der Waals surface area contributed by atoms with Crippen molar-refractivity contribution in [2.24, 2.45) is 0 Å². The zero-order chi connectivity index (χ0) is 10.1. The summed E-state index contributed by atoms with van der Waals surface area (Å²) in [6, 6.07) is 5.41. The predicted molar refractivity (Wildman–Crippen MR) is 52.2 cm³/mol. The SMILES string of the molecule is CON1NC(C)=c2c1cccc2=C=O. The smallest absolute Gasteiger partial charge is 0.133 e. The van der Waals surface area contributed by atoms with E-state index in [0.29, 0.717) is 5.22 Å². The average Bonchev–Trinajstić information content (AvgIpc) is 2.55. The molecule has 0 unspecified atom stereocenters. The van der Waals surface area contributed by atoms with Gasteiger partial charge in [-0.1, -0.05) is 6.07 Å². The largest absolute Gasteiger partial charge is 0.278 e. The molecule has 0 fully saturated rings. The Kier molecular flexibility index (Phi) is 2.00. The fourth-order valence-corrected chi connectivity index (χ4v) is 1.60. The first kappa shape index (κ1) is 8.81. The van der Waals surface area contributed by atoms with Gasteiger partial charge in [-0.25, -0.2) is 4.79 Å². The molecule has 1 aliphatic rings. The lowest BCUT2D eigenvalue weighted by molar-refractivity contribution is 0.152. The molecular formula is C10H10N2O2. The lowest BCUT2D eigenvalue weighted by Gasteiger charge is -2.16. The number of carbonyl (C=O) groups excluding carboxylic acids is 1. The van der Waals surface area contributed by atoms with Gasteiger partial charge in [0.05, 0.1) is 18.0 Å². The van der Waals surface area contributed by atoms with Crippen LogP contribution in [-0.2, 0) is 9.63 Å². The Balaban J connectivity index is 2.83. The fraction of sp³-hybridized carbons (Fsp3) is 0.200. The molecule has 0 aliphatic carbocycles. The number of anilines is 1. The molecule has 0 saturated heterocycles. The number of hydrogen-bond acceptors (Lipinski definition) is 4. The summed E-state index contributed by atoms with van der Waals surface area (Å²) in [5.41, 5.74) is 4.72. The summed E-state index contributed by atoms with van der Waals surface area (Å²) in [4.78, 5) is 15.8. The Morgan fingerprint density at radius 2 is 2.29 bits per heavy atom. The van der Waals surface area contributed by atoms with E-state index in [0.717, 1.165) is 16.6 Å². The molecule has 0 bridgehead atoms. The Hall–Kier alpha value is -1.77. The minimum Gasteiger partial charge on any atom is -0.278 e. The van der Waals surface area contributed by atoms with Crippen molar-refractivity contribution < 1.29 is 9.63 Å². The van der Waals surface area contributed by atoms with E-state index in [2.05, 4.69) is 5.43 Å². The molecule has 0 amide bonds. The van der Waals surface area contributed by atoms with Gasteiger partial charge in [0, 0.05) is 10.9 Å². The quantitative estimate of drug-likeness (QED) is 0.629. The van der Waals surface area contributed by atoms with Crippen molar-refractivity contribution in [2.75, 3.05) is 12.3 Å². The highest BCUT2D eigenvalue weighted by Crippen LogP contribution is 2.10. The van der Waals surface area contributed by atoms with Crippen LogP contribution in [0.3, 0.4) is 0 Å². The van der Waals surface area contributed by atoms with E-state index in [1.807, 2.05) is 18.9 Å². The molecule has 0 spiro atoms. The predicted octanol–water partition coefficient (Wildman–Crippen LogP) is -0.796. The molecule has 1 heterocycles. The molecular weight excluding hydrogens is 180 g/mol. The second-order valence-corrected chi connectivity index (χ2v) is 3.02. The van der Waals surface area contributed by atoms with Crippen LogP contribution in [0.15, 0.2) is 18.2 Å². The number of hydrazine groups is 1. The Bertz CT molecular complexity index is 503. The van der Waals surface area contributed by atoms with E-state index >= 15 is 0 Å². The molecule has 0 saturated carbocycles. The van der Waals surface area contributed by atoms with Gasteiger partial charge >= 0.3 is 0 Å². The van der Waals surface area contributed by atoms with Gasteiger partial charge in [0.2, 0.25) is 0 Å². The van der Waals surface area contributed by atoms with Gasteiger partial charge in [0.1, 0.15) is 5.94 Å². The molecule has 1 aliphatic heterocycles. The second kappa shape index (κ2) is 3.18. The van der Waals surface area contributed by atoms with Gasteiger partial charge in [-0.3, -0.25) is 10.3 Å². The van der Waals surface area contributed by atoms with Crippen LogP contribution in [0.5, 0.6) is 0 Å². The maximum Gasteiger partial charge on any atom is 0.133 e. The monoisotopic (exact) mass is 190 g/mol. The van der Waals surface area contributed by atoms with E-state index in [1.165, 1.54) is 5.17 Å². The number of nitrogens with zero attached hydrogens (tertiary/aromatic N) is 1. The molecule has 0 atom stereocenters. The first-order valence-corrected chi connectivity index (χ1v) is 4.24. The third kappa shape index (κ3) is 1.09. The van der Waals surface area contributed by atoms with Crippen LogP contribution in [0.1, 0.15) is 6.92 Å². The van der Waals surface area contributed by atoms with Crippen molar-refractivity contribution in [3.05, 3.63) is 28.6 Å². The molecule has 0 aromatic heterocycles. The summed E-state index contributed by atoms with van der Waals surface area (Å²) in [7, 11) is 1.56. The first-order valence-electron chi connectivity index (χ1n) is 4.24. The summed E-state index contributed by atoms with van der Waals surface area (Å²) in [5, 5.41) is 2.92. The molecule has 0 radical (unpaired) electrons. The van der Waals surface area contributed by atoms with Gasteiger partial charge in [-0.2, -0.15) is 5.17 Å². The Labute approximate surface area is 81.0 Å². The molecule has 4 heteroatoms. The summed E-state index contributed by atoms with van der Waals surface area (Å²) >= 11 is 0. The Morgan fingerprint density at radius 3 is 2.93 bits per heavy atom. The van der Waals surface area contributed by atoms with Crippen LogP contribution in [-0.4, -0.2) is 13.1 Å². The highest BCUT2D eigenvalue weighted by molar-refractivity contribution is 5.65. The average molecular weight is 190 g/mol. The van der Waals surface area contributed by atoms with Gasteiger partial charge in [0.15, 0.2) is 0 Å². The zero-order valence-electron chi connectivity index (χ0n) is 8.00. The van der Waals surface area contributed by atoms with Gasteiger partial charge in [-0.15, -0.1) is 0 Å². The maximum absolute atomic E-state index is 10.7. The van der Waals surface area contributed by atoms with Crippen molar-refractivity contribution >= 4 is 17.3 Å². The van der Waals surface area contributed by atoms with Crippen LogP contribution < -0.4 is 21.0 Å². The number of hydrogen-bond donors (Lipinski definition) is 1. The fourth-order valence-electron chi connectivity index (χ4n) is 1.60. The highest BCUT2D eigenvalue weighted by Gasteiger charge is 2.16. The van der Waals surface area contributed by atoms with Crippen molar-refractivity contribution in [3.63, 3.8) is 0 Å². The van der Waals surface area contributed by atoms with E-state index < -0.39 is 0 Å². The van der Waals surface area contributed by atoms with Crippen LogP contribution in [0, 0.1) is 0 Å². The van der Waals surface area contributed by atoms with E-state index in [1.54, 1.807) is 19.2 Å². The molecule has 72 valence electrons. The normalized spacial score (nSPS) is 13.6. The van der Waals surface area contributed by atoms with Crippen LogP contribution in [0.25, 0.3) is 5.70 Å². The molecule has 2 rings (SSSR count). The van der Waals surface area contributed by atoms with Crippen LogP contribution in [0.2, 0.25) is 0 Å². The number of benzene rings is 1. The number of rotatable bonds is 1. The number of fused-ring (bicyclic) bond motifs is 1. The van der Waals surface area contributed by atoms with Gasteiger partial charge in [-0.05, 0) is 19.1 Å². The second-order valence-electron chi connectivity index (χ2n) is 3.02. The van der Waals surface area contributed by atoms with Gasteiger partial charge < -0.3 is 0 Å². The van der Waals surface area contributed by atoms with E-state index in [4.69, 9.17) is 4.84 Å². The highest BCUT2D eigenvalue weighted by atomic mass is 16.7. The lowest BCUT2D eigenvalue weighted by atomic mass is 10.2. The van der Waals surface area contributed by atoms with Crippen LogP contribution >= 0.6 is 0 Å². The molecule has 1 aromatic rings. The summed E-state index contributed by atoms with van der Waals surface area (Å²) in [5.74, 6) is 1.91. The first-order chi connectivity index (χ1) is 6.77. The van der Waals surface area contributed by atoms with E-state index in [-0.39, 0.29) is 0 Å². The topological polar surface area (TPSA) is 41.6 Å². The molecule has 4 nitrogen and oxygen atoms in total.